The van der Waals surface area contributed by atoms with E-state index in [0.29, 0.717) is 0 Å². The zero-order valence-corrected chi connectivity index (χ0v) is 19.2. The molecule has 0 fully saturated rings. The van der Waals surface area contributed by atoms with Gasteiger partial charge in [0.25, 0.3) is 0 Å². The van der Waals surface area contributed by atoms with Gasteiger partial charge in [0.2, 0.25) is 5.52 Å². The molecule has 6 nitrogen and oxygen atoms in total. The average Bonchev–Trinajstić information content (AvgIpc) is 2.69. The zero-order valence-electron chi connectivity index (χ0n) is 17.6. The van der Waals surface area contributed by atoms with Crippen molar-refractivity contribution in [3.05, 3.63) is 46.7 Å². The SMILES string of the molecule is CCCCCCCC[n+]1cccc2ccccc21.O=S(=O)([N-]S(=O)(=O)C(F)(F)F)C(F)(F)F. The van der Waals surface area contributed by atoms with Crippen molar-refractivity contribution in [1.82, 2.24) is 0 Å². The third-order valence-electron chi connectivity index (χ3n) is 4.32. The number of para-hydroxylation sites is 1. The lowest BCUT2D eigenvalue weighted by atomic mass is 10.1. The van der Waals surface area contributed by atoms with E-state index in [1.54, 1.807) is 0 Å². The summed E-state index contributed by atoms with van der Waals surface area (Å²) in [7, 11) is -13.4. The highest BCUT2D eigenvalue weighted by molar-refractivity contribution is 8.13. The minimum Gasteiger partial charge on any atom is -0.421 e. The molecule has 0 saturated carbocycles. The van der Waals surface area contributed by atoms with Crippen LogP contribution in [0.15, 0.2) is 42.6 Å². The number of aryl methyl sites for hydroxylation is 1. The highest BCUT2D eigenvalue weighted by Crippen LogP contribution is 2.36. The van der Waals surface area contributed by atoms with Gasteiger partial charge in [0.05, 0.1) is 0 Å². The molecule has 1 aromatic heterocycles. The maximum Gasteiger partial charge on any atom is 0.480 e. The molecule has 2 rings (SSSR count). The predicted octanol–water partition coefficient (Wildman–Crippen LogP) is 5.55. The molecule has 2 aromatic rings. The maximum atomic E-state index is 11.4. The predicted molar refractivity (Wildman–Crippen MR) is 111 cm³/mol. The molecule has 0 spiro atoms. The molecule has 33 heavy (non-hydrogen) atoms. The van der Waals surface area contributed by atoms with E-state index < -0.39 is 31.1 Å². The van der Waals surface area contributed by atoms with Crippen molar-refractivity contribution < 1.29 is 47.7 Å². The Kier molecular flexibility index (Phi) is 10.6. The largest absolute Gasteiger partial charge is 0.480 e. The Hall–Kier alpha value is -1.93. The van der Waals surface area contributed by atoms with E-state index in [1.807, 2.05) is 0 Å². The van der Waals surface area contributed by atoms with E-state index in [0.717, 1.165) is 10.7 Å². The van der Waals surface area contributed by atoms with Gasteiger partial charge in [0, 0.05) is 23.9 Å². The molecule has 0 atom stereocenters. The highest BCUT2D eigenvalue weighted by atomic mass is 32.3. The Morgan fingerprint density at radius 2 is 1.24 bits per heavy atom. The van der Waals surface area contributed by atoms with Crippen LogP contribution in [0, 0.1) is 0 Å². The van der Waals surface area contributed by atoms with Gasteiger partial charge in [-0.2, -0.15) is 30.9 Å². The quantitative estimate of drug-likeness (QED) is 0.246. The Bertz CT molecular complexity index is 1050. The van der Waals surface area contributed by atoms with Gasteiger partial charge >= 0.3 is 11.0 Å². The summed E-state index contributed by atoms with van der Waals surface area (Å²) in [6.07, 6.45) is 10.4. The first-order valence-electron chi connectivity index (χ1n) is 9.86. The fourth-order valence-electron chi connectivity index (χ4n) is 2.69. The molecule has 0 aliphatic rings. The summed E-state index contributed by atoms with van der Waals surface area (Å²) in [6.45, 7) is 3.42. The Balaban J connectivity index is 0.000000337. The van der Waals surface area contributed by atoms with Crippen LogP contribution in [0.25, 0.3) is 15.0 Å². The van der Waals surface area contributed by atoms with Crippen LogP contribution in [0.3, 0.4) is 0 Å². The summed E-state index contributed by atoms with van der Waals surface area (Å²) in [5.74, 6) is 0. The van der Waals surface area contributed by atoms with Crippen LogP contribution < -0.4 is 4.57 Å². The number of sulfonamides is 2. The van der Waals surface area contributed by atoms with Gasteiger partial charge < -0.3 is 4.13 Å². The number of aromatic nitrogens is 1. The second kappa shape index (κ2) is 12.0. The lowest BCUT2D eigenvalue weighted by molar-refractivity contribution is -0.671. The first-order chi connectivity index (χ1) is 15.1. The fourth-order valence-corrected chi connectivity index (χ4v) is 4.40. The molecule has 0 saturated heterocycles. The highest BCUT2D eigenvalue weighted by Gasteiger charge is 2.46. The van der Waals surface area contributed by atoms with E-state index in [4.69, 9.17) is 0 Å². The van der Waals surface area contributed by atoms with Gasteiger partial charge in [-0.3, -0.25) is 0 Å². The molecule has 14 heteroatoms. The molecule has 0 amide bonds. The van der Waals surface area contributed by atoms with Crippen LogP contribution in [-0.2, 0) is 26.6 Å². The molecule has 188 valence electrons. The van der Waals surface area contributed by atoms with Crippen molar-refractivity contribution in [3.8, 4) is 0 Å². The van der Waals surface area contributed by atoms with Gasteiger partial charge in [-0.15, -0.1) is 0 Å². The molecule has 0 N–H and O–H groups in total. The third kappa shape index (κ3) is 9.08. The summed E-state index contributed by atoms with van der Waals surface area (Å²) in [5.41, 5.74) is -11.1. The molecule has 0 aliphatic heterocycles. The van der Waals surface area contributed by atoms with Gasteiger partial charge in [-0.25, -0.2) is 16.8 Å². The van der Waals surface area contributed by atoms with Gasteiger partial charge in [-0.05, 0) is 18.6 Å². The number of pyridine rings is 1. The second-order valence-corrected chi connectivity index (χ2v) is 10.4. The Morgan fingerprint density at radius 3 is 1.79 bits per heavy atom. The van der Waals surface area contributed by atoms with Crippen molar-refractivity contribution in [2.45, 2.75) is 63.0 Å². The Morgan fingerprint density at radius 1 is 0.758 bits per heavy atom. The molecule has 0 radical (unpaired) electrons. The van der Waals surface area contributed by atoms with Gasteiger partial charge in [0.15, 0.2) is 26.2 Å². The zero-order chi connectivity index (χ0) is 25.3. The van der Waals surface area contributed by atoms with Crippen LogP contribution in [0.1, 0.15) is 45.4 Å². The summed E-state index contributed by atoms with van der Waals surface area (Å²) in [6, 6.07) is 13.0. The summed E-state index contributed by atoms with van der Waals surface area (Å²) >= 11 is 0. The average molecular weight is 523 g/mol. The van der Waals surface area contributed by atoms with Gasteiger partial charge in [0.1, 0.15) is 6.54 Å². The first kappa shape index (κ1) is 29.1. The summed E-state index contributed by atoms with van der Waals surface area (Å²) in [5, 5.41) is 1.34. The van der Waals surface area contributed by atoms with Crippen LogP contribution in [0.4, 0.5) is 26.3 Å². The van der Waals surface area contributed by atoms with E-state index >= 15 is 0 Å². The standard InChI is InChI=1S/C17H24N.C2F6NO4S2/c1-2-3-4-5-6-9-14-18-15-10-12-16-11-7-8-13-17(16)18;3-1(4,5)14(10,11)9-15(12,13)2(6,7)8/h7-8,10-13,15H,2-6,9,14H2,1H3;/q+1;-1. The lowest BCUT2D eigenvalue weighted by Gasteiger charge is -2.22. The number of fused-ring (bicyclic) bond motifs is 1. The minimum absolute atomic E-state index is 0.778. The maximum absolute atomic E-state index is 11.4. The molecule has 0 aliphatic carbocycles. The van der Waals surface area contributed by atoms with Crippen molar-refractivity contribution in [2.24, 2.45) is 0 Å². The van der Waals surface area contributed by atoms with E-state index in [2.05, 4.69) is 54.1 Å². The smallest absolute Gasteiger partial charge is 0.421 e. The summed E-state index contributed by atoms with van der Waals surface area (Å²) < 4.78 is 112. The number of nitrogens with zero attached hydrogens (tertiary/aromatic N) is 2. The molecular weight excluding hydrogens is 498 g/mol. The van der Waals surface area contributed by atoms with E-state index in [9.17, 15) is 43.2 Å². The number of halogens is 6. The Labute approximate surface area is 188 Å². The topological polar surface area (TPSA) is 86.3 Å². The normalized spacial score (nSPS) is 12.9. The molecule has 1 aromatic carbocycles. The molecule has 1 heterocycles. The number of alkyl halides is 6. The van der Waals surface area contributed by atoms with Gasteiger partial charge in [-0.1, -0.05) is 44.7 Å². The van der Waals surface area contributed by atoms with E-state index in [-0.39, 0.29) is 0 Å². The third-order valence-corrected chi connectivity index (χ3v) is 7.06. The van der Waals surface area contributed by atoms with E-state index in [1.165, 1.54) is 49.4 Å². The lowest BCUT2D eigenvalue weighted by Crippen LogP contribution is -2.33. The molecule has 0 bridgehead atoms. The molecule has 0 unspecified atom stereocenters. The number of hydrogen-bond donors (Lipinski definition) is 0. The van der Waals surface area contributed by atoms with Crippen LogP contribution >= 0.6 is 0 Å². The molecular formula is C19H24F6N2O4S2. The number of rotatable bonds is 9. The number of benzene rings is 1. The minimum atomic E-state index is -6.72. The number of hydrogen-bond acceptors (Lipinski definition) is 4. The van der Waals surface area contributed by atoms with Crippen molar-refractivity contribution >= 4 is 30.9 Å². The van der Waals surface area contributed by atoms with Crippen LogP contribution in [0.5, 0.6) is 0 Å². The van der Waals surface area contributed by atoms with Crippen LogP contribution in [0.2, 0.25) is 0 Å². The van der Waals surface area contributed by atoms with Crippen molar-refractivity contribution in [3.63, 3.8) is 0 Å². The summed E-state index contributed by atoms with van der Waals surface area (Å²) in [4.78, 5) is 0. The fraction of sp³-hybridized carbons (Fsp3) is 0.526. The van der Waals surface area contributed by atoms with Crippen molar-refractivity contribution in [1.29, 1.82) is 0 Å². The van der Waals surface area contributed by atoms with Crippen LogP contribution in [-0.4, -0.2) is 27.9 Å². The first-order valence-corrected chi connectivity index (χ1v) is 12.7. The monoisotopic (exact) mass is 522 g/mol. The number of unbranched alkanes of at least 4 members (excludes halogenated alkanes) is 5. The second-order valence-electron chi connectivity index (χ2n) is 6.94. The van der Waals surface area contributed by atoms with Crippen molar-refractivity contribution in [2.75, 3.05) is 0 Å².